The summed E-state index contributed by atoms with van der Waals surface area (Å²) in [6, 6.07) is 30.6. The van der Waals surface area contributed by atoms with E-state index in [0.717, 1.165) is 0 Å². The van der Waals surface area contributed by atoms with Crippen LogP contribution in [-0.2, 0) is 0 Å². The molecular weight excluding hydrogens is 352 g/mol. The Kier molecular flexibility index (Phi) is 3.60. The Labute approximate surface area is 170 Å². The highest BCUT2D eigenvalue weighted by atomic mass is 15.2. The molecule has 0 bridgehead atoms. The van der Waals surface area contributed by atoms with Crippen molar-refractivity contribution in [3.63, 3.8) is 0 Å². The molecule has 0 saturated heterocycles. The van der Waals surface area contributed by atoms with E-state index in [9.17, 15) is 0 Å². The van der Waals surface area contributed by atoms with Gasteiger partial charge in [0.05, 0.1) is 16.9 Å². The summed E-state index contributed by atoms with van der Waals surface area (Å²) in [6.07, 6.45) is 2.51. The monoisotopic (exact) mass is 374 g/mol. The van der Waals surface area contributed by atoms with Gasteiger partial charge in [0.2, 0.25) is 0 Å². The average molecular weight is 374 g/mol. The van der Waals surface area contributed by atoms with E-state index in [2.05, 4.69) is 96.4 Å². The smallest absolute Gasteiger partial charge is 0.0809 e. The highest BCUT2D eigenvalue weighted by Crippen LogP contribution is 2.44. The van der Waals surface area contributed by atoms with Crippen molar-refractivity contribution in [2.45, 2.75) is 25.7 Å². The van der Waals surface area contributed by atoms with Crippen molar-refractivity contribution < 1.29 is 0 Å². The summed E-state index contributed by atoms with van der Waals surface area (Å²) >= 11 is 0. The number of nitrogens with zero attached hydrogens (tertiary/aromatic N) is 2. The molecule has 0 unspecified atom stereocenters. The average Bonchev–Trinajstić information content (AvgIpc) is 3.52. The van der Waals surface area contributed by atoms with Gasteiger partial charge in [0, 0.05) is 22.4 Å². The summed E-state index contributed by atoms with van der Waals surface area (Å²) in [7, 11) is 0. The van der Waals surface area contributed by atoms with Gasteiger partial charge in [-0.3, -0.25) is 0 Å². The molecule has 0 atom stereocenters. The predicted octanol–water partition coefficient (Wildman–Crippen LogP) is 7.01. The first-order chi connectivity index (χ1) is 14.3. The third-order valence-corrected chi connectivity index (χ3v) is 6.03. The van der Waals surface area contributed by atoms with Crippen molar-refractivity contribution in [3.8, 4) is 22.4 Å². The SMILES string of the molecule is Cc1ccc(-c2c(-c3ccccc3)n3nc(C4CC4)cc3c3ccccc23)cc1. The molecule has 2 aromatic heterocycles. The molecule has 6 rings (SSSR count). The van der Waals surface area contributed by atoms with Crippen LogP contribution in [-0.4, -0.2) is 9.61 Å². The van der Waals surface area contributed by atoms with Gasteiger partial charge in [-0.2, -0.15) is 5.10 Å². The molecule has 2 nitrogen and oxygen atoms in total. The van der Waals surface area contributed by atoms with Crippen LogP contribution < -0.4 is 0 Å². The maximum Gasteiger partial charge on any atom is 0.0809 e. The molecule has 5 aromatic rings. The lowest BCUT2D eigenvalue weighted by atomic mass is 9.93. The van der Waals surface area contributed by atoms with Crippen LogP contribution in [0.3, 0.4) is 0 Å². The molecule has 140 valence electrons. The summed E-state index contributed by atoms with van der Waals surface area (Å²) in [4.78, 5) is 0. The molecule has 1 aliphatic rings. The van der Waals surface area contributed by atoms with E-state index >= 15 is 0 Å². The van der Waals surface area contributed by atoms with Crippen LogP contribution in [0.2, 0.25) is 0 Å². The molecule has 0 aliphatic heterocycles. The van der Waals surface area contributed by atoms with Gasteiger partial charge in [0.25, 0.3) is 0 Å². The molecule has 2 heterocycles. The van der Waals surface area contributed by atoms with Crippen LogP contribution in [0.5, 0.6) is 0 Å². The van der Waals surface area contributed by atoms with E-state index in [1.807, 2.05) is 0 Å². The fraction of sp³-hybridized carbons (Fsp3) is 0.148. The second-order valence-corrected chi connectivity index (χ2v) is 8.14. The Hall–Kier alpha value is -3.39. The van der Waals surface area contributed by atoms with E-state index < -0.39 is 0 Å². The lowest BCUT2D eigenvalue weighted by Gasteiger charge is -2.17. The van der Waals surface area contributed by atoms with E-state index in [-0.39, 0.29) is 0 Å². The van der Waals surface area contributed by atoms with Crippen LogP contribution in [0.15, 0.2) is 84.9 Å². The van der Waals surface area contributed by atoms with Gasteiger partial charge in [0.15, 0.2) is 0 Å². The minimum atomic E-state index is 0.625. The number of pyridine rings is 1. The van der Waals surface area contributed by atoms with Crippen LogP contribution in [0.1, 0.15) is 30.0 Å². The second kappa shape index (κ2) is 6.31. The maximum absolute atomic E-state index is 5.12. The van der Waals surface area contributed by atoms with Gasteiger partial charge in [0.1, 0.15) is 0 Å². The molecule has 29 heavy (non-hydrogen) atoms. The normalized spacial score (nSPS) is 14.0. The van der Waals surface area contributed by atoms with Crippen LogP contribution in [0.25, 0.3) is 38.7 Å². The molecule has 0 N–H and O–H groups in total. The first-order valence-electron chi connectivity index (χ1n) is 10.4. The van der Waals surface area contributed by atoms with E-state index in [1.54, 1.807) is 0 Å². The van der Waals surface area contributed by atoms with Crippen molar-refractivity contribution in [1.82, 2.24) is 9.61 Å². The summed E-state index contributed by atoms with van der Waals surface area (Å²) in [6.45, 7) is 2.14. The molecule has 0 amide bonds. The van der Waals surface area contributed by atoms with Crippen molar-refractivity contribution in [3.05, 3.63) is 96.2 Å². The Morgan fingerprint density at radius 3 is 2.17 bits per heavy atom. The lowest BCUT2D eigenvalue weighted by molar-refractivity contribution is 0.901. The fourth-order valence-corrected chi connectivity index (χ4v) is 4.37. The zero-order chi connectivity index (χ0) is 19.4. The number of benzene rings is 3. The molecule has 1 fully saturated rings. The van der Waals surface area contributed by atoms with E-state index in [4.69, 9.17) is 5.10 Å². The third kappa shape index (κ3) is 2.67. The standard InChI is InChI=1S/C27H22N2/c1-18-11-13-20(14-12-18)26-23-10-6-5-9-22(23)25-17-24(19-15-16-19)28-29(25)27(26)21-7-3-2-4-8-21/h2-14,17,19H,15-16H2,1H3. The Morgan fingerprint density at radius 1 is 0.759 bits per heavy atom. The number of aryl methyl sites for hydroxylation is 1. The zero-order valence-electron chi connectivity index (χ0n) is 16.5. The maximum atomic E-state index is 5.12. The van der Waals surface area contributed by atoms with Gasteiger partial charge in [-0.1, -0.05) is 84.4 Å². The Morgan fingerprint density at radius 2 is 1.45 bits per heavy atom. The van der Waals surface area contributed by atoms with Gasteiger partial charge >= 0.3 is 0 Å². The van der Waals surface area contributed by atoms with E-state index in [1.165, 1.54) is 62.8 Å². The lowest BCUT2D eigenvalue weighted by Crippen LogP contribution is -2.00. The molecular formula is C27H22N2. The highest BCUT2D eigenvalue weighted by Gasteiger charge is 2.28. The highest BCUT2D eigenvalue weighted by molar-refractivity contribution is 6.09. The van der Waals surface area contributed by atoms with Gasteiger partial charge < -0.3 is 0 Å². The van der Waals surface area contributed by atoms with Gasteiger partial charge in [-0.25, -0.2) is 4.52 Å². The minimum absolute atomic E-state index is 0.625. The number of hydrogen-bond donors (Lipinski definition) is 0. The first kappa shape index (κ1) is 16.6. The molecule has 1 aliphatic carbocycles. The number of fused-ring (bicyclic) bond motifs is 3. The summed E-state index contributed by atoms with van der Waals surface area (Å²) in [5, 5.41) is 7.67. The largest absolute Gasteiger partial charge is 0.232 e. The zero-order valence-corrected chi connectivity index (χ0v) is 16.5. The summed E-state index contributed by atoms with van der Waals surface area (Å²) in [5.41, 5.74) is 8.57. The van der Waals surface area contributed by atoms with Crippen LogP contribution in [0, 0.1) is 6.92 Å². The third-order valence-electron chi connectivity index (χ3n) is 6.03. The Bertz CT molecular complexity index is 1340. The van der Waals surface area contributed by atoms with Crippen LogP contribution >= 0.6 is 0 Å². The van der Waals surface area contributed by atoms with Crippen molar-refractivity contribution >= 4 is 16.3 Å². The molecule has 3 aromatic carbocycles. The van der Waals surface area contributed by atoms with Crippen LogP contribution in [0.4, 0.5) is 0 Å². The molecule has 0 spiro atoms. The fourth-order valence-electron chi connectivity index (χ4n) is 4.37. The summed E-state index contributed by atoms with van der Waals surface area (Å²) in [5.74, 6) is 0.625. The molecule has 1 saturated carbocycles. The van der Waals surface area contributed by atoms with Crippen molar-refractivity contribution in [2.24, 2.45) is 0 Å². The number of rotatable bonds is 3. The summed E-state index contributed by atoms with van der Waals surface area (Å²) < 4.78 is 2.19. The predicted molar refractivity (Wildman–Crippen MR) is 120 cm³/mol. The van der Waals surface area contributed by atoms with Crippen molar-refractivity contribution in [2.75, 3.05) is 0 Å². The first-order valence-corrected chi connectivity index (χ1v) is 10.4. The Balaban J connectivity index is 1.81. The quantitative estimate of drug-likeness (QED) is 0.332. The van der Waals surface area contributed by atoms with E-state index in [0.29, 0.717) is 5.92 Å². The molecule has 0 radical (unpaired) electrons. The van der Waals surface area contributed by atoms with Gasteiger partial charge in [-0.05, 0) is 36.8 Å². The number of aromatic nitrogens is 2. The second-order valence-electron chi connectivity index (χ2n) is 8.14. The van der Waals surface area contributed by atoms with Crippen molar-refractivity contribution in [1.29, 1.82) is 0 Å². The number of hydrogen-bond acceptors (Lipinski definition) is 1. The van der Waals surface area contributed by atoms with Gasteiger partial charge in [-0.15, -0.1) is 0 Å². The minimum Gasteiger partial charge on any atom is -0.232 e. The topological polar surface area (TPSA) is 17.3 Å². The molecule has 2 heteroatoms.